The highest BCUT2D eigenvalue weighted by molar-refractivity contribution is 5.66. The third kappa shape index (κ3) is 3.82. The van der Waals surface area contributed by atoms with Gasteiger partial charge in [0.05, 0.1) is 6.54 Å². The Bertz CT molecular complexity index is 690. The molecule has 0 spiro atoms. The Hall–Kier alpha value is -2.40. The number of alkyl halides is 3. The first kappa shape index (κ1) is 18.9. The van der Waals surface area contributed by atoms with E-state index in [4.69, 9.17) is 5.11 Å². The fourth-order valence-electron chi connectivity index (χ4n) is 2.70. The first-order chi connectivity index (χ1) is 11.6. The monoisotopic (exact) mass is 356 g/mol. The van der Waals surface area contributed by atoms with E-state index < -0.39 is 17.9 Å². The normalized spacial score (nSPS) is 20.5. The molecule has 1 aliphatic heterocycles. The van der Waals surface area contributed by atoms with Crippen LogP contribution >= 0.6 is 0 Å². The SMILES string of the molecule is CC#CC1CN(C(=O)O)CCN1c1ccc([C@](C)(O)C(F)(F)F)cc1. The molecule has 0 aliphatic carbocycles. The molecule has 2 rings (SSSR count). The number of hydrogen-bond acceptors (Lipinski definition) is 3. The fraction of sp³-hybridized carbons (Fsp3) is 0.471. The third-order valence-corrected chi connectivity index (χ3v) is 4.27. The Morgan fingerprint density at radius 3 is 2.32 bits per heavy atom. The second-order valence-corrected chi connectivity index (χ2v) is 5.95. The van der Waals surface area contributed by atoms with Crippen LogP contribution in [0.25, 0.3) is 0 Å². The molecule has 1 aromatic rings. The van der Waals surface area contributed by atoms with Crippen molar-refractivity contribution in [1.29, 1.82) is 0 Å². The van der Waals surface area contributed by atoms with Crippen LogP contribution in [0.2, 0.25) is 0 Å². The molecule has 0 saturated carbocycles. The minimum Gasteiger partial charge on any atom is -0.465 e. The van der Waals surface area contributed by atoms with E-state index in [1.807, 2.05) is 4.90 Å². The number of piperazine rings is 1. The summed E-state index contributed by atoms with van der Waals surface area (Å²) < 4.78 is 38.7. The van der Waals surface area contributed by atoms with Gasteiger partial charge in [0, 0.05) is 18.8 Å². The number of anilines is 1. The van der Waals surface area contributed by atoms with Crippen LogP contribution < -0.4 is 4.90 Å². The Morgan fingerprint density at radius 2 is 1.84 bits per heavy atom. The van der Waals surface area contributed by atoms with Crippen molar-refractivity contribution >= 4 is 11.8 Å². The van der Waals surface area contributed by atoms with Crippen molar-refractivity contribution in [3.8, 4) is 11.8 Å². The van der Waals surface area contributed by atoms with Gasteiger partial charge in [0.25, 0.3) is 0 Å². The van der Waals surface area contributed by atoms with E-state index in [0.29, 0.717) is 19.2 Å². The second-order valence-electron chi connectivity index (χ2n) is 5.95. The zero-order valence-corrected chi connectivity index (χ0v) is 13.8. The van der Waals surface area contributed by atoms with Crippen LogP contribution in [0.1, 0.15) is 19.4 Å². The average molecular weight is 356 g/mol. The lowest BCUT2D eigenvalue weighted by atomic mass is 9.95. The quantitative estimate of drug-likeness (QED) is 0.800. The number of rotatable bonds is 2. The summed E-state index contributed by atoms with van der Waals surface area (Å²) in [6.45, 7) is 3.19. The Labute approximate surface area is 143 Å². The molecule has 25 heavy (non-hydrogen) atoms. The number of carbonyl (C=O) groups is 1. The van der Waals surface area contributed by atoms with Gasteiger partial charge in [-0.2, -0.15) is 13.2 Å². The van der Waals surface area contributed by atoms with Crippen molar-refractivity contribution in [3.63, 3.8) is 0 Å². The zero-order chi connectivity index (χ0) is 18.8. The minimum absolute atomic E-state index is 0.193. The number of benzene rings is 1. The highest BCUT2D eigenvalue weighted by Gasteiger charge is 2.51. The van der Waals surface area contributed by atoms with Crippen LogP contribution in [-0.2, 0) is 5.60 Å². The van der Waals surface area contributed by atoms with Crippen molar-refractivity contribution in [2.75, 3.05) is 24.5 Å². The lowest BCUT2D eigenvalue weighted by Gasteiger charge is -2.39. The molecule has 1 heterocycles. The van der Waals surface area contributed by atoms with Gasteiger partial charge in [-0.3, -0.25) is 0 Å². The molecule has 1 unspecified atom stereocenters. The van der Waals surface area contributed by atoms with Crippen molar-refractivity contribution in [1.82, 2.24) is 4.90 Å². The van der Waals surface area contributed by atoms with Crippen molar-refractivity contribution < 1.29 is 28.2 Å². The first-order valence-electron chi connectivity index (χ1n) is 7.64. The van der Waals surface area contributed by atoms with Gasteiger partial charge in [-0.25, -0.2) is 4.79 Å². The van der Waals surface area contributed by atoms with E-state index in [-0.39, 0.29) is 24.7 Å². The number of carboxylic acid groups (broad SMARTS) is 1. The lowest BCUT2D eigenvalue weighted by molar-refractivity contribution is -0.258. The molecule has 0 bridgehead atoms. The van der Waals surface area contributed by atoms with E-state index in [0.717, 1.165) is 0 Å². The van der Waals surface area contributed by atoms with E-state index in [1.54, 1.807) is 6.92 Å². The minimum atomic E-state index is -4.78. The summed E-state index contributed by atoms with van der Waals surface area (Å²) in [7, 11) is 0. The molecule has 0 radical (unpaired) electrons. The second kappa shape index (κ2) is 6.84. The maximum atomic E-state index is 12.9. The number of hydrogen-bond donors (Lipinski definition) is 2. The molecule has 8 heteroatoms. The highest BCUT2D eigenvalue weighted by atomic mass is 19.4. The third-order valence-electron chi connectivity index (χ3n) is 4.27. The Kier molecular flexibility index (Phi) is 5.18. The zero-order valence-electron chi connectivity index (χ0n) is 13.8. The van der Waals surface area contributed by atoms with Crippen LogP contribution in [0, 0.1) is 11.8 Å². The molecule has 1 saturated heterocycles. The molecule has 1 aromatic carbocycles. The van der Waals surface area contributed by atoms with Gasteiger partial charge >= 0.3 is 12.3 Å². The summed E-state index contributed by atoms with van der Waals surface area (Å²) in [5.41, 5.74) is -2.57. The van der Waals surface area contributed by atoms with Crippen LogP contribution in [0.15, 0.2) is 24.3 Å². The number of aliphatic hydroxyl groups is 1. The summed E-state index contributed by atoms with van der Waals surface area (Å²) in [5.74, 6) is 5.68. The smallest absolute Gasteiger partial charge is 0.421 e. The maximum absolute atomic E-state index is 12.9. The highest BCUT2D eigenvalue weighted by Crippen LogP contribution is 2.39. The van der Waals surface area contributed by atoms with Crippen LogP contribution in [-0.4, -0.2) is 53.1 Å². The largest absolute Gasteiger partial charge is 0.465 e. The van der Waals surface area contributed by atoms with Crippen LogP contribution in [0.4, 0.5) is 23.7 Å². The molecule has 2 N–H and O–H groups in total. The maximum Gasteiger partial charge on any atom is 0.421 e. The van der Waals surface area contributed by atoms with Gasteiger partial charge in [0.15, 0.2) is 5.60 Å². The molecular formula is C17H19F3N2O3. The summed E-state index contributed by atoms with van der Waals surface area (Å²) in [6.07, 6.45) is -5.81. The van der Waals surface area contributed by atoms with E-state index in [2.05, 4.69) is 11.8 Å². The lowest BCUT2D eigenvalue weighted by Crippen LogP contribution is -2.54. The van der Waals surface area contributed by atoms with Crippen molar-refractivity contribution in [2.24, 2.45) is 0 Å². The summed E-state index contributed by atoms with van der Waals surface area (Å²) >= 11 is 0. The topological polar surface area (TPSA) is 64.0 Å². The summed E-state index contributed by atoms with van der Waals surface area (Å²) in [4.78, 5) is 14.2. The van der Waals surface area contributed by atoms with Crippen LogP contribution in [0.5, 0.6) is 0 Å². The van der Waals surface area contributed by atoms with E-state index >= 15 is 0 Å². The summed E-state index contributed by atoms with van der Waals surface area (Å²) in [6, 6.07) is 5.03. The molecular weight excluding hydrogens is 337 g/mol. The molecule has 2 atom stereocenters. The standard InChI is InChI=1S/C17H19F3N2O3/c1-3-4-14-11-21(15(23)24)9-10-22(14)13-7-5-12(6-8-13)16(2,25)17(18,19)20/h5-8,14,25H,9-11H2,1-2H3,(H,23,24)/t14?,16-/m0/s1. The summed E-state index contributed by atoms with van der Waals surface area (Å²) in [5, 5.41) is 18.8. The number of halogens is 3. The van der Waals surface area contributed by atoms with Crippen LogP contribution in [0.3, 0.4) is 0 Å². The van der Waals surface area contributed by atoms with E-state index in [1.165, 1.54) is 29.2 Å². The molecule has 0 aromatic heterocycles. The molecule has 1 aliphatic rings. The Balaban J connectivity index is 2.26. The average Bonchev–Trinajstić information content (AvgIpc) is 2.54. The molecule has 1 amide bonds. The number of amides is 1. The molecule has 136 valence electrons. The predicted molar refractivity (Wildman–Crippen MR) is 86.2 cm³/mol. The van der Waals surface area contributed by atoms with Gasteiger partial charge in [-0.15, -0.1) is 5.92 Å². The van der Waals surface area contributed by atoms with E-state index in [9.17, 15) is 23.1 Å². The predicted octanol–water partition coefficient (Wildman–Crippen LogP) is 2.65. The molecule has 1 fully saturated rings. The fourth-order valence-corrected chi connectivity index (χ4v) is 2.70. The van der Waals surface area contributed by atoms with Gasteiger partial charge in [0.2, 0.25) is 0 Å². The Morgan fingerprint density at radius 1 is 1.24 bits per heavy atom. The van der Waals surface area contributed by atoms with Gasteiger partial charge < -0.3 is 20.0 Å². The molecule has 5 nitrogen and oxygen atoms in total. The van der Waals surface area contributed by atoms with Gasteiger partial charge in [-0.1, -0.05) is 18.1 Å². The number of nitrogens with zero attached hydrogens (tertiary/aromatic N) is 2. The van der Waals surface area contributed by atoms with Crippen molar-refractivity contribution in [2.45, 2.75) is 31.7 Å². The van der Waals surface area contributed by atoms with Crippen molar-refractivity contribution in [3.05, 3.63) is 29.8 Å². The van der Waals surface area contributed by atoms with Gasteiger partial charge in [0.1, 0.15) is 6.04 Å². The first-order valence-corrected chi connectivity index (χ1v) is 7.64. The van der Waals surface area contributed by atoms with Gasteiger partial charge in [-0.05, 0) is 31.5 Å².